The van der Waals surface area contributed by atoms with Crippen LogP contribution in [-0.2, 0) is 11.3 Å². The van der Waals surface area contributed by atoms with E-state index in [2.05, 4.69) is 42.0 Å². The van der Waals surface area contributed by atoms with Crippen molar-refractivity contribution in [2.24, 2.45) is 5.92 Å². The number of rotatable bonds is 2. The summed E-state index contributed by atoms with van der Waals surface area (Å²) in [5.41, 5.74) is 2.67. The second kappa shape index (κ2) is 3.38. The topological polar surface area (TPSA) is 14.2 Å². The van der Waals surface area contributed by atoms with Crippen LogP contribution in [0, 0.1) is 12.8 Å². The fourth-order valence-electron chi connectivity index (χ4n) is 2.15. The van der Waals surface area contributed by atoms with Gasteiger partial charge >= 0.3 is 0 Å². The first-order valence-corrected chi connectivity index (χ1v) is 5.46. The fraction of sp³-hybridized carbons (Fsp3) is 0.385. The molecule has 15 heavy (non-hydrogen) atoms. The van der Waals surface area contributed by atoms with E-state index in [1.165, 1.54) is 16.5 Å². The van der Waals surface area contributed by atoms with E-state index in [9.17, 15) is 0 Å². The largest absolute Gasteiger partial charge is 0.381 e. The molecule has 0 N–H and O–H groups in total. The van der Waals surface area contributed by atoms with Crippen molar-refractivity contribution in [2.45, 2.75) is 13.5 Å². The minimum Gasteiger partial charge on any atom is -0.381 e. The third-order valence-corrected chi connectivity index (χ3v) is 3.09. The number of hydrogen-bond donors (Lipinski definition) is 0. The highest BCUT2D eigenvalue weighted by atomic mass is 16.5. The predicted octanol–water partition coefficient (Wildman–Crippen LogP) is 2.60. The zero-order valence-electron chi connectivity index (χ0n) is 8.94. The molecule has 0 bridgehead atoms. The summed E-state index contributed by atoms with van der Waals surface area (Å²) in [4.78, 5) is 0. The van der Waals surface area contributed by atoms with E-state index in [-0.39, 0.29) is 0 Å². The molecule has 1 aliphatic rings. The van der Waals surface area contributed by atoms with Gasteiger partial charge in [0.2, 0.25) is 0 Å². The molecule has 2 heterocycles. The summed E-state index contributed by atoms with van der Waals surface area (Å²) < 4.78 is 7.54. The van der Waals surface area contributed by atoms with Gasteiger partial charge in [-0.3, -0.25) is 0 Å². The zero-order chi connectivity index (χ0) is 10.3. The second-order valence-electron chi connectivity index (χ2n) is 4.43. The Morgan fingerprint density at radius 3 is 2.93 bits per heavy atom. The second-order valence-corrected chi connectivity index (χ2v) is 4.43. The first kappa shape index (κ1) is 8.98. The number of nitrogens with zero attached hydrogens (tertiary/aromatic N) is 1. The Balaban J connectivity index is 1.96. The normalized spacial score (nSPS) is 16.9. The van der Waals surface area contributed by atoms with Crippen LogP contribution < -0.4 is 0 Å². The molecule has 0 saturated carbocycles. The molecule has 3 rings (SSSR count). The van der Waals surface area contributed by atoms with Crippen LogP contribution in [0.3, 0.4) is 0 Å². The Morgan fingerprint density at radius 1 is 1.33 bits per heavy atom. The van der Waals surface area contributed by atoms with Crippen molar-refractivity contribution in [2.75, 3.05) is 13.2 Å². The van der Waals surface area contributed by atoms with E-state index in [1.807, 2.05) is 0 Å². The highest BCUT2D eigenvalue weighted by Gasteiger charge is 2.19. The van der Waals surface area contributed by atoms with Gasteiger partial charge < -0.3 is 9.30 Å². The van der Waals surface area contributed by atoms with Gasteiger partial charge in [-0.25, -0.2) is 0 Å². The van der Waals surface area contributed by atoms with Crippen LogP contribution in [-0.4, -0.2) is 17.8 Å². The van der Waals surface area contributed by atoms with Gasteiger partial charge in [-0.15, -0.1) is 0 Å². The maximum absolute atomic E-state index is 5.20. The Hall–Kier alpha value is -1.28. The van der Waals surface area contributed by atoms with Crippen LogP contribution in [0.25, 0.3) is 10.9 Å². The lowest BCUT2D eigenvalue weighted by Crippen LogP contribution is -2.31. The standard InChI is InChI=1S/C13H15NO/c1-10-2-3-13-12(6-10)4-5-14(13)7-11-8-15-9-11/h2-6,11H,7-9H2,1H3. The molecule has 1 aliphatic heterocycles. The van der Waals surface area contributed by atoms with E-state index >= 15 is 0 Å². The van der Waals surface area contributed by atoms with E-state index < -0.39 is 0 Å². The molecule has 0 spiro atoms. The molecule has 1 fully saturated rings. The average Bonchev–Trinajstić information content (AvgIpc) is 2.54. The smallest absolute Gasteiger partial charge is 0.0533 e. The van der Waals surface area contributed by atoms with Crippen molar-refractivity contribution < 1.29 is 4.74 Å². The lowest BCUT2D eigenvalue weighted by molar-refractivity contribution is -0.0388. The fourth-order valence-corrected chi connectivity index (χ4v) is 2.15. The third kappa shape index (κ3) is 1.55. The minimum absolute atomic E-state index is 0.710. The van der Waals surface area contributed by atoms with Crippen LogP contribution in [0.15, 0.2) is 30.5 Å². The molecule has 1 saturated heterocycles. The molecule has 0 atom stereocenters. The lowest BCUT2D eigenvalue weighted by atomic mass is 10.1. The van der Waals surface area contributed by atoms with Crippen molar-refractivity contribution in [1.29, 1.82) is 0 Å². The molecule has 1 aromatic carbocycles. The van der Waals surface area contributed by atoms with E-state index in [0.29, 0.717) is 5.92 Å². The summed E-state index contributed by atoms with van der Waals surface area (Å²) in [5, 5.41) is 1.34. The zero-order valence-corrected chi connectivity index (χ0v) is 8.94. The summed E-state index contributed by atoms with van der Waals surface area (Å²) in [7, 11) is 0. The number of aryl methyl sites for hydroxylation is 1. The molecule has 0 amide bonds. The molecule has 2 aromatic rings. The van der Waals surface area contributed by atoms with Crippen molar-refractivity contribution in [3.05, 3.63) is 36.0 Å². The van der Waals surface area contributed by atoms with Crippen LogP contribution in [0.1, 0.15) is 5.56 Å². The van der Waals surface area contributed by atoms with Crippen LogP contribution in [0.2, 0.25) is 0 Å². The Morgan fingerprint density at radius 2 is 2.20 bits per heavy atom. The maximum Gasteiger partial charge on any atom is 0.0533 e. The van der Waals surface area contributed by atoms with E-state index in [1.54, 1.807) is 0 Å². The van der Waals surface area contributed by atoms with Crippen molar-refractivity contribution in [1.82, 2.24) is 4.57 Å². The van der Waals surface area contributed by atoms with E-state index in [4.69, 9.17) is 4.74 Å². The number of benzene rings is 1. The van der Waals surface area contributed by atoms with Crippen LogP contribution in [0.5, 0.6) is 0 Å². The Bertz CT molecular complexity index is 482. The summed E-state index contributed by atoms with van der Waals surface area (Å²) in [6, 6.07) is 8.82. The van der Waals surface area contributed by atoms with Gasteiger partial charge in [0.15, 0.2) is 0 Å². The van der Waals surface area contributed by atoms with Crippen molar-refractivity contribution in [3.8, 4) is 0 Å². The Labute approximate surface area is 89.5 Å². The molecule has 0 aliphatic carbocycles. The molecular weight excluding hydrogens is 186 g/mol. The monoisotopic (exact) mass is 201 g/mol. The van der Waals surface area contributed by atoms with Crippen molar-refractivity contribution >= 4 is 10.9 Å². The number of ether oxygens (including phenoxy) is 1. The van der Waals surface area contributed by atoms with Gasteiger partial charge in [0, 0.05) is 24.2 Å². The van der Waals surface area contributed by atoms with Gasteiger partial charge in [0.1, 0.15) is 0 Å². The summed E-state index contributed by atoms with van der Waals surface area (Å²) in [5.74, 6) is 0.710. The van der Waals surface area contributed by atoms with Gasteiger partial charge in [-0.2, -0.15) is 0 Å². The van der Waals surface area contributed by atoms with E-state index in [0.717, 1.165) is 19.8 Å². The lowest BCUT2D eigenvalue weighted by Gasteiger charge is -2.26. The molecular formula is C13H15NO. The predicted molar refractivity (Wildman–Crippen MR) is 61.0 cm³/mol. The van der Waals surface area contributed by atoms with Gasteiger partial charge in [0.25, 0.3) is 0 Å². The number of hydrogen-bond acceptors (Lipinski definition) is 1. The SMILES string of the molecule is Cc1ccc2c(ccn2CC2COC2)c1. The van der Waals surface area contributed by atoms with Gasteiger partial charge in [-0.05, 0) is 30.5 Å². The van der Waals surface area contributed by atoms with Crippen LogP contribution in [0.4, 0.5) is 0 Å². The van der Waals surface area contributed by atoms with Crippen LogP contribution >= 0.6 is 0 Å². The maximum atomic E-state index is 5.20. The first-order chi connectivity index (χ1) is 7.33. The summed E-state index contributed by atoms with van der Waals surface area (Å²) >= 11 is 0. The average molecular weight is 201 g/mol. The molecule has 78 valence electrons. The molecule has 0 radical (unpaired) electrons. The number of fused-ring (bicyclic) bond motifs is 1. The summed E-state index contributed by atoms with van der Waals surface area (Å²) in [6.07, 6.45) is 2.18. The highest BCUT2D eigenvalue weighted by molar-refractivity contribution is 5.80. The molecule has 1 aromatic heterocycles. The van der Waals surface area contributed by atoms with Gasteiger partial charge in [-0.1, -0.05) is 11.6 Å². The van der Waals surface area contributed by atoms with Gasteiger partial charge in [0.05, 0.1) is 13.2 Å². The Kier molecular flexibility index (Phi) is 2.03. The van der Waals surface area contributed by atoms with Crippen molar-refractivity contribution in [3.63, 3.8) is 0 Å². The number of aromatic nitrogens is 1. The molecule has 0 unspecified atom stereocenters. The molecule has 2 nitrogen and oxygen atoms in total. The molecule has 2 heteroatoms. The highest BCUT2D eigenvalue weighted by Crippen LogP contribution is 2.20. The summed E-state index contributed by atoms with van der Waals surface area (Å²) in [6.45, 7) is 5.07. The quantitative estimate of drug-likeness (QED) is 0.728. The minimum atomic E-state index is 0.710. The first-order valence-electron chi connectivity index (χ1n) is 5.46. The third-order valence-electron chi connectivity index (χ3n) is 3.09.